The number of piperazine rings is 1. The Morgan fingerprint density at radius 3 is 2.53 bits per heavy atom. The SMILES string of the molecule is CC(C(=O)Nc1cc(F)ccc1F)N1CCN(c2nnnn2-c2ccccc2)CC1. The molecule has 1 atom stereocenters. The molecule has 8 nitrogen and oxygen atoms in total. The highest BCUT2D eigenvalue weighted by atomic mass is 19.1. The topological polar surface area (TPSA) is 79.2 Å². The summed E-state index contributed by atoms with van der Waals surface area (Å²) in [5, 5.41) is 14.5. The zero-order chi connectivity index (χ0) is 21.1. The monoisotopic (exact) mass is 413 g/mol. The maximum absolute atomic E-state index is 13.8. The van der Waals surface area contributed by atoms with Gasteiger partial charge in [-0.05, 0) is 41.6 Å². The second-order valence-electron chi connectivity index (χ2n) is 7.04. The van der Waals surface area contributed by atoms with Crippen molar-refractivity contribution in [3.63, 3.8) is 0 Å². The number of rotatable bonds is 5. The second-order valence-corrected chi connectivity index (χ2v) is 7.04. The van der Waals surface area contributed by atoms with E-state index in [1.807, 2.05) is 35.2 Å². The zero-order valence-electron chi connectivity index (χ0n) is 16.4. The van der Waals surface area contributed by atoms with Gasteiger partial charge in [0.1, 0.15) is 11.6 Å². The molecule has 4 rings (SSSR count). The molecule has 0 bridgehead atoms. The number of nitrogens with one attached hydrogen (secondary N) is 1. The Labute approximate surface area is 172 Å². The number of hydrogen-bond donors (Lipinski definition) is 1. The van der Waals surface area contributed by atoms with Gasteiger partial charge in [0.2, 0.25) is 11.9 Å². The van der Waals surface area contributed by atoms with E-state index in [1.165, 1.54) is 0 Å². The molecule has 1 aromatic heterocycles. The molecule has 10 heteroatoms. The van der Waals surface area contributed by atoms with Crippen molar-refractivity contribution < 1.29 is 13.6 Å². The van der Waals surface area contributed by atoms with Gasteiger partial charge in [-0.1, -0.05) is 23.3 Å². The summed E-state index contributed by atoms with van der Waals surface area (Å²) in [7, 11) is 0. The van der Waals surface area contributed by atoms with Crippen LogP contribution in [0.15, 0.2) is 48.5 Å². The van der Waals surface area contributed by atoms with Crippen molar-refractivity contribution in [3.8, 4) is 5.69 Å². The summed E-state index contributed by atoms with van der Waals surface area (Å²) in [6, 6.07) is 12.1. The number of nitrogens with zero attached hydrogens (tertiary/aromatic N) is 6. The Balaban J connectivity index is 1.38. The predicted octanol–water partition coefficient (Wildman–Crippen LogP) is 2.09. The van der Waals surface area contributed by atoms with Crippen LogP contribution in [-0.4, -0.2) is 63.2 Å². The Morgan fingerprint density at radius 2 is 1.80 bits per heavy atom. The van der Waals surface area contributed by atoms with E-state index >= 15 is 0 Å². The third kappa shape index (κ3) is 4.13. The van der Waals surface area contributed by atoms with Crippen molar-refractivity contribution in [3.05, 3.63) is 60.2 Å². The Hall–Kier alpha value is -3.40. The van der Waals surface area contributed by atoms with Crippen molar-refractivity contribution in [2.75, 3.05) is 36.4 Å². The number of halogens is 2. The largest absolute Gasteiger partial charge is 0.337 e. The van der Waals surface area contributed by atoms with Crippen molar-refractivity contribution in [2.24, 2.45) is 0 Å². The minimum Gasteiger partial charge on any atom is -0.337 e. The normalized spacial score (nSPS) is 15.8. The van der Waals surface area contributed by atoms with E-state index in [4.69, 9.17) is 0 Å². The van der Waals surface area contributed by atoms with E-state index in [1.54, 1.807) is 11.6 Å². The van der Waals surface area contributed by atoms with Gasteiger partial charge in [0.25, 0.3) is 0 Å². The predicted molar refractivity (Wildman–Crippen MR) is 107 cm³/mol. The lowest BCUT2D eigenvalue weighted by Gasteiger charge is -2.37. The number of aromatic nitrogens is 4. The summed E-state index contributed by atoms with van der Waals surface area (Å²) in [6.07, 6.45) is 0. The molecular weight excluding hydrogens is 392 g/mol. The molecule has 0 saturated carbocycles. The van der Waals surface area contributed by atoms with Crippen LogP contribution in [0, 0.1) is 11.6 Å². The van der Waals surface area contributed by atoms with Crippen molar-refractivity contribution >= 4 is 17.5 Å². The molecule has 1 fully saturated rings. The lowest BCUT2D eigenvalue weighted by Crippen LogP contribution is -2.53. The lowest BCUT2D eigenvalue weighted by molar-refractivity contribution is -0.120. The number of para-hydroxylation sites is 1. The van der Waals surface area contributed by atoms with Crippen LogP contribution in [-0.2, 0) is 4.79 Å². The van der Waals surface area contributed by atoms with Gasteiger partial charge in [-0.3, -0.25) is 9.69 Å². The van der Waals surface area contributed by atoms with E-state index in [-0.39, 0.29) is 11.6 Å². The van der Waals surface area contributed by atoms with E-state index in [0.29, 0.717) is 32.1 Å². The minimum atomic E-state index is -0.672. The Morgan fingerprint density at radius 1 is 1.07 bits per heavy atom. The molecule has 1 aliphatic rings. The Kier molecular flexibility index (Phi) is 5.66. The fraction of sp³-hybridized carbons (Fsp3) is 0.300. The zero-order valence-corrected chi connectivity index (χ0v) is 16.4. The standard InChI is InChI=1S/C20H21F2N7O/c1-14(19(30)23-18-13-15(21)7-8-17(18)22)27-9-11-28(12-10-27)20-24-25-26-29(20)16-5-3-2-4-6-16/h2-8,13-14H,9-12H2,1H3,(H,23,30). The highest BCUT2D eigenvalue weighted by Gasteiger charge is 2.28. The summed E-state index contributed by atoms with van der Waals surface area (Å²) in [4.78, 5) is 16.6. The second kappa shape index (κ2) is 8.54. The highest BCUT2D eigenvalue weighted by Crippen LogP contribution is 2.19. The first-order valence-electron chi connectivity index (χ1n) is 9.61. The Bertz CT molecular complexity index is 1020. The minimum absolute atomic E-state index is 0.160. The number of anilines is 2. The summed E-state index contributed by atoms with van der Waals surface area (Å²) < 4.78 is 28.8. The quantitative estimate of drug-likeness (QED) is 0.690. The first-order chi connectivity index (χ1) is 14.5. The molecule has 156 valence electrons. The molecular formula is C20H21F2N7O. The fourth-order valence-corrected chi connectivity index (χ4v) is 3.42. The van der Waals surface area contributed by atoms with Gasteiger partial charge in [0.05, 0.1) is 17.4 Å². The summed E-state index contributed by atoms with van der Waals surface area (Å²) in [5.74, 6) is -1.03. The average Bonchev–Trinajstić information content (AvgIpc) is 3.26. The molecule has 3 aromatic rings. The molecule has 0 spiro atoms. The molecule has 30 heavy (non-hydrogen) atoms. The van der Waals surface area contributed by atoms with E-state index in [0.717, 1.165) is 23.9 Å². The van der Waals surface area contributed by atoms with Gasteiger partial charge in [-0.2, -0.15) is 4.68 Å². The summed E-state index contributed by atoms with van der Waals surface area (Å²) in [6.45, 7) is 4.19. The molecule has 1 amide bonds. The molecule has 1 N–H and O–H groups in total. The summed E-state index contributed by atoms with van der Waals surface area (Å²) >= 11 is 0. The first-order valence-corrected chi connectivity index (χ1v) is 9.61. The van der Waals surface area contributed by atoms with Gasteiger partial charge >= 0.3 is 0 Å². The number of benzene rings is 2. The van der Waals surface area contributed by atoms with E-state index in [9.17, 15) is 13.6 Å². The van der Waals surface area contributed by atoms with Crippen LogP contribution >= 0.6 is 0 Å². The van der Waals surface area contributed by atoms with Crippen molar-refractivity contribution in [1.29, 1.82) is 0 Å². The molecule has 0 aliphatic carbocycles. The molecule has 2 heterocycles. The van der Waals surface area contributed by atoms with E-state index in [2.05, 4.69) is 25.7 Å². The molecule has 1 saturated heterocycles. The molecule has 1 unspecified atom stereocenters. The first kappa shape index (κ1) is 19.9. The van der Waals surface area contributed by atoms with Crippen LogP contribution in [0.1, 0.15) is 6.92 Å². The number of carbonyl (C=O) groups is 1. The van der Waals surface area contributed by atoms with Crippen LogP contribution in [0.5, 0.6) is 0 Å². The van der Waals surface area contributed by atoms with Crippen LogP contribution in [0.2, 0.25) is 0 Å². The van der Waals surface area contributed by atoms with Crippen LogP contribution < -0.4 is 10.2 Å². The van der Waals surface area contributed by atoms with E-state index < -0.39 is 17.7 Å². The third-order valence-electron chi connectivity index (χ3n) is 5.16. The van der Waals surface area contributed by atoms with Crippen molar-refractivity contribution in [2.45, 2.75) is 13.0 Å². The van der Waals surface area contributed by atoms with Gasteiger partial charge in [-0.15, -0.1) is 0 Å². The molecule has 2 aromatic carbocycles. The summed E-state index contributed by atoms with van der Waals surface area (Å²) in [5.41, 5.74) is 0.706. The van der Waals surface area contributed by atoms with Crippen LogP contribution in [0.3, 0.4) is 0 Å². The smallest absolute Gasteiger partial charge is 0.250 e. The van der Waals surface area contributed by atoms with Crippen LogP contribution in [0.25, 0.3) is 5.69 Å². The van der Waals surface area contributed by atoms with Gasteiger partial charge < -0.3 is 10.2 Å². The van der Waals surface area contributed by atoms with Crippen molar-refractivity contribution in [1.82, 2.24) is 25.1 Å². The van der Waals surface area contributed by atoms with Gasteiger partial charge in [-0.25, -0.2) is 8.78 Å². The average molecular weight is 413 g/mol. The number of hydrogen-bond acceptors (Lipinski definition) is 6. The highest BCUT2D eigenvalue weighted by molar-refractivity contribution is 5.94. The number of carbonyl (C=O) groups excluding carboxylic acids is 1. The molecule has 1 aliphatic heterocycles. The maximum atomic E-state index is 13.8. The van der Waals surface area contributed by atoms with Gasteiger partial charge in [0.15, 0.2) is 0 Å². The third-order valence-corrected chi connectivity index (χ3v) is 5.16. The van der Waals surface area contributed by atoms with Crippen LogP contribution in [0.4, 0.5) is 20.4 Å². The number of amides is 1. The fourth-order valence-electron chi connectivity index (χ4n) is 3.42. The lowest BCUT2D eigenvalue weighted by atomic mass is 10.2. The molecule has 0 radical (unpaired) electrons. The van der Waals surface area contributed by atoms with Gasteiger partial charge in [0, 0.05) is 32.2 Å². The maximum Gasteiger partial charge on any atom is 0.250 e. The number of tetrazole rings is 1.